The fraction of sp³-hybridized carbons (Fsp3) is 0.700. The smallest absolute Gasteiger partial charge is 0.0806 e. The molecule has 1 aromatic rings. The summed E-state index contributed by atoms with van der Waals surface area (Å²) in [5.41, 5.74) is 1.11. The Morgan fingerprint density at radius 3 is 2.71 bits per heavy atom. The van der Waals surface area contributed by atoms with Gasteiger partial charge in [-0.2, -0.15) is 5.10 Å². The van der Waals surface area contributed by atoms with Crippen LogP contribution in [0.1, 0.15) is 18.7 Å². The van der Waals surface area contributed by atoms with Crippen LogP contribution in [0.4, 0.5) is 0 Å². The summed E-state index contributed by atoms with van der Waals surface area (Å²) in [6.07, 6.45) is 1.98. The van der Waals surface area contributed by atoms with Crippen LogP contribution in [0.5, 0.6) is 0 Å². The Balaban J connectivity index is 2.66. The number of rotatable bonds is 5. The lowest BCUT2D eigenvalue weighted by atomic mass is 10.2. The molecule has 0 spiro atoms. The molecule has 0 fully saturated rings. The number of hydrogen-bond acceptors (Lipinski definition) is 3. The zero-order valence-corrected chi connectivity index (χ0v) is 9.49. The topological polar surface area (TPSA) is 33.1 Å². The molecule has 0 bridgehead atoms. The third-order valence-electron chi connectivity index (χ3n) is 2.09. The van der Waals surface area contributed by atoms with Gasteiger partial charge in [-0.1, -0.05) is 6.92 Å². The van der Waals surface area contributed by atoms with E-state index in [0.29, 0.717) is 6.04 Å². The molecule has 4 heteroatoms. The number of aryl methyl sites for hydroxylation is 1. The van der Waals surface area contributed by atoms with Crippen molar-refractivity contribution >= 4 is 0 Å². The minimum atomic E-state index is 0.330. The molecule has 0 aliphatic rings. The van der Waals surface area contributed by atoms with Crippen LogP contribution >= 0.6 is 0 Å². The van der Waals surface area contributed by atoms with Crippen LogP contribution in [0, 0.1) is 0 Å². The van der Waals surface area contributed by atoms with Crippen LogP contribution in [0.25, 0.3) is 0 Å². The lowest BCUT2D eigenvalue weighted by Gasteiger charge is -2.19. The van der Waals surface area contributed by atoms with Crippen molar-refractivity contribution in [1.82, 2.24) is 20.0 Å². The normalized spacial score (nSPS) is 13.5. The van der Waals surface area contributed by atoms with Crippen molar-refractivity contribution in [3.05, 3.63) is 18.0 Å². The van der Waals surface area contributed by atoms with Crippen LogP contribution in [0.2, 0.25) is 0 Å². The van der Waals surface area contributed by atoms with Gasteiger partial charge in [0, 0.05) is 19.8 Å². The fourth-order valence-electron chi connectivity index (χ4n) is 1.49. The van der Waals surface area contributed by atoms with Crippen LogP contribution < -0.4 is 5.32 Å². The summed E-state index contributed by atoms with van der Waals surface area (Å²) >= 11 is 0. The van der Waals surface area contributed by atoms with E-state index in [9.17, 15) is 0 Å². The molecule has 4 nitrogen and oxygen atoms in total. The molecule has 80 valence electrons. The first-order valence-corrected chi connectivity index (χ1v) is 5.01. The molecule has 1 aromatic heterocycles. The van der Waals surface area contributed by atoms with Crippen LogP contribution in [0.15, 0.2) is 12.3 Å². The number of nitrogens with zero attached hydrogens (tertiary/aromatic N) is 3. The van der Waals surface area contributed by atoms with Gasteiger partial charge in [-0.15, -0.1) is 0 Å². The third-order valence-corrected chi connectivity index (χ3v) is 2.09. The SMILES string of the molecule is CCNC(CN(C)C)c1ccn(C)n1. The van der Waals surface area contributed by atoms with Crippen molar-refractivity contribution in [3.63, 3.8) is 0 Å². The van der Waals surface area contributed by atoms with E-state index in [4.69, 9.17) is 0 Å². The van der Waals surface area contributed by atoms with Gasteiger partial charge in [-0.05, 0) is 26.7 Å². The summed E-state index contributed by atoms with van der Waals surface area (Å²) in [5.74, 6) is 0. The van der Waals surface area contributed by atoms with Crippen molar-refractivity contribution in [2.45, 2.75) is 13.0 Å². The van der Waals surface area contributed by atoms with Gasteiger partial charge in [0.1, 0.15) is 0 Å². The maximum atomic E-state index is 4.41. The van der Waals surface area contributed by atoms with Crippen molar-refractivity contribution in [1.29, 1.82) is 0 Å². The van der Waals surface area contributed by atoms with E-state index < -0.39 is 0 Å². The Morgan fingerprint density at radius 2 is 2.29 bits per heavy atom. The first kappa shape index (κ1) is 11.2. The van der Waals surface area contributed by atoms with Gasteiger partial charge in [0.15, 0.2) is 0 Å². The summed E-state index contributed by atoms with van der Waals surface area (Å²) in [6, 6.07) is 2.40. The van der Waals surface area contributed by atoms with Crippen molar-refractivity contribution in [2.24, 2.45) is 7.05 Å². The van der Waals surface area contributed by atoms with Crippen molar-refractivity contribution in [3.8, 4) is 0 Å². The quantitative estimate of drug-likeness (QED) is 0.750. The molecule has 1 unspecified atom stereocenters. The van der Waals surface area contributed by atoms with E-state index in [0.717, 1.165) is 18.8 Å². The van der Waals surface area contributed by atoms with E-state index in [-0.39, 0.29) is 0 Å². The van der Waals surface area contributed by atoms with Gasteiger partial charge in [0.2, 0.25) is 0 Å². The number of aromatic nitrogens is 2. The zero-order chi connectivity index (χ0) is 10.6. The third kappa shape index (κ3) is 3.12. The second kappa shape index (κ2) is 5.12. The Hall–Kier alpha value is -0.870. The average Bonchev–Trinajstić information content (AvgIpc) is 2.50. The largest absolute Gasteiger partial charge is 0.308 e. The molecule has 1 atom stereocenters. The molecule has 0 radical (unpaired) electrons. The Morgan fingerprint density at radius 1 is 1.57 bits per heavy atom. The average molecular weight is 196 g/mol. The molecule has 0 aromatic carbocycles. The second-order valence-corrected chi connectivity index (χ2v) is 3.79. The molecule has 1 N–H and O–H groups in total. The highest BCUT2D eigenvalue weighted by Gasteiger charge is 2.13. The summed E-state index contributed by atoms with van der Waals surface area (Å²) < 4.78 is 1.84. The van der Waals surface area contributed by atoms with Gasteiger partial charge in [-0.25, -0.2) is 0 Å². The fourth-order valence-corrected chi connectivity index (χ4v) is 1.49. The molecule has 0 aliphatic heterocycles. The number of hydrogen-bond donors (Lipinski definition) is 1. The van der Waals surface area contributed by atoms with Gasteiger partial charge in [0.25, 0.3) is 0 Å². The molecule has 0 saturated heterocycles. The first-order valence-electron chi connectivity index (χ1n) is 5.01. The number of likely N-dealkylation sites (N-methyl/N-ethyl adjacent to an activating group) is 2. The van der Waals surface area contributed by atoms with Crippen LogP contribution in [-0.2, 0) is 7.05 Å². The minimum absolute atomic E-state index is 0.330. The molecule has 0 amide bonds. The van der Waals surface area contributed by atoms with Gasteiger partial charge in [0.05, 0.1) is 11.7 Å². The van der Waals surface area contributed by atoms with Gasteiger partial charge >= 0.3 is 0 Å². The maximum absolute atomic E-state index is 4.41. The highest BCUT2D eigenvalue weighted by atomic mass is 15.3. The van der Waals surface area contributed by atoms with Gasteiger partial charge in [-0.3, -0.25) is 4.68 Å². The Kier molecular flexibility index (Phi) is 4.10. The summed E-state index contributed by atoms with van der Waals surface area (Å²) in [7, 11) is 6.10. The summed E-state index contributed by atoms with van der Waals surface area (Å²) in [5, 5.41) is 7.84. The predicted octanol–water partition coefficient (Wildman–Crippen LogP) is 0.632. The molecule has 0 saturated carbocycles. The van der Waals surface area contributed by atoms with E-state index in [1.54, 1.807) is 0 Å². The van der Waals surface area contributed by atoms with Crippen LogP contribution in [-0.4, -0.2) is 41.9 Å². The summed E-state index contributed by atoms with van der Waals surface area (Å²) in [6.45, 7) is 4.06. The van der Waals surface area contributed by atoms with E-state index >= 15 is 0 Å². The summed E-state index contributed by atoms with van der Waals surface area (Å²) in [4.78, 5) is 2.17. The molecular weight excluding hydrogens is 176 g/mol. The number of nitrogens with one attached hydrogen (secondary N) is 1. The van der Waals surface area contributed by atoms with Crippen molar-refractivity contribution in [2.75, 3.05) is 27.2 Å². The second-order valence-electron chi connectivity index (χ2n) is 3.79. The van der Waals surface area contributed by atoms with Gasteiger partial charge < -0.3 is 10.2 Å². The lowest BCUT2D eigenvalue weighted by molar-refractivity contribution is 0.340. The van der Waals surface area contributed by atoms with E-state index in [2.05, 4.69) is 42.4 Å². The zero-order valence-electron chi connectivity index (χ0n) is 9.49. The lowest BCUT2D eigenvalue weighted by Crippen LogP contribution is -2.31. The monoisotopic (exact) mass is 196 g/mol. The Bertz CT molecular complexity index is 267. The minimum Gasteiger partial charge on any atom is -0.308 e. The van der Waals surface area contributed by atoms with E-state index in [1.165, 1.54) is 0 Å². The highest BCUT2D eigenvalue weighted by molar-refractivity contribution is 5.05. The standard InChI is InChI=1S/C10H20N4/c1-5-11-10(8-13(2)3)9-6-7-14(4)12-9/h6-7,10-11H,5,8H2,1-4H3. The predicted molar refractivity (Wildman–Crippen MR) is 58.2 cm³/mol. The molecular formula is C10H20N4. The van der Waals surface area contributed by atoms with Crippen molar-refractivity contribution < 1.29 is 0 Å². The maximum Gasteiger partial charge on any atom is 0.0806 e. The van der Waals surface area contributed by atoms with E-state index in [1.807, 2.05) is 17.9 Å². The first-order chi connectivity index (χ1) is 6.63. The van der Waals surface area contributed by atoms with Crippen LogP contribution in [0.3, 0.4) is 0 Å². The molecule has 14 heavy (non-hydrogen) atoms. The molecule has 1 rings (SSSR count). The molecule has 0 aliphatic carbocycles. The molecule has 1 heterocycles. The Labute approximate surface area is 85.9 Å². The highest BCUT2D eigenvalue weighted by Crippen LogP contribution is 2.10.